The van der Waals surface area contributed by atoms with Crippen molar-refractivity contribution in [2.24, 2.45) is 5.92 Å². The van der Waals surface area contributed by atoms with Crippen molar-refractivity contribution in [3.8, 4) is 0 Å². The Morgan fingerprint density at radius 2 is 2.10 bits per heavy atom. The fourth-order valence-electron chi connectivity index (χ4n) is 2.66. The van der Waals surface area contributed by atoms with Crippen LogP contribution in [0.15, 0.2) is 53.8 Å². The Hall–Kier alpha value is -1.81. The van der Waals surface area contributed by atoms with Gasteiger partial charge in [0.2, 0.25) is 0 Å². The molecule has 3 nitrogen and oxygen atoms in total. The van der Waals surface area contributed by atoms with Gasteiger partial charge in [-0.2, -0.15) is 0 Å². The lowest BCUT2D eigenvalue weighted by Crippen LogP contribution is -2.46. The van der Waals surface area contributed by atoms with Gasteiger partial charge in [-0.3, -0.25) is 5.43 Å². The summed E-state index contributed by atoms with van der Waals surface area (Å²) in [7, 11) is 0. The number of hydrogen-bond acceptors (Lipinski definition) is 2. The van der Waals surface area contributed by atoms with E-state index in [-0.39, 0.29) is 0 Å². The Morgan fingerprint density at radius 1 is 1.25 bits per heavy atom. The average Bonchev–Trinajstić information content (AvgIpc) is 2.82. The van der Waals surface area contributed by atoms with Crippen molar-refractivity contribution in [1.29, 1.82) is 0 Å². The zero-order valence-corrected chi connectivity index (χ0v) is 12.2. The topological polar surface area (TPSA) is 36.1 Å². The molecule has 3 rings (SSSR count). The summed E-state index contributed by atoms with van der Waals surface area (Å²) in [4.78, 5) is 0. The molecule has 0 bridgehead atoms. The van der Waals surface area contributed by atoms with Gasteiger partial charge in [0, 0.05) is 12.2 Å². The van der Waals surface area contributed by atoms with Crippen LogP contribution in [0.1, 0.15) is 18.4 Å². The molecule has 0 aliphatic heterocycles. The number of benzene rings is 1. The fourth-order valence-corrected chi connectivity index (χ4v) is 2.81. The van der Waals surface area contributed by atoms with E-state index in [9.17, 15) is 0 Å². The van der Waals surface area contributed by atoms with E-state index in [0.29, 0.717) is 5.11 Å². The first-order valence-corrected chi connectivity index (χ1v) is 7.47. The summed E-state index contributed by atoms with van der Waals surface area (Å²) < 4.78 is 0. The van der Waals surface area contributed by atoms with Gasteiger partial charge in [-0.25, -0.2) is 0 Å². The van der Waals surface area contributed by atoms with Crippen LogP contribution >= 0.6 is 12.2 Å². The van der Waals surface area contributed by atoms with Crippen LogP contribution in [0.5, 0.6) is 0 Å². The molecule has 0 saturated heterocycles. The second kappa shape index (κ2) is 6.09. The molecule has 0 saturated carbocycles. The van der Waals surface area contributed by atoms with E-state index in [4.69, 9.17) is 12.2 Å². The minimum absolute atomic E-state index is 0.652. The lowest BCUT2D eigenvalue weighted by molar-refractivity contribution is 0.515. The zero-order chi connectivity index (χ0) is 13.8. The van der Waals surface area contributed by atoms with Crippen LogP contribution in [0, 0.1) is 5.92 Å². The third kappa shape index (κ3) is 3.02. The Kier molecular flexibility index (Phi) is 4.02. The van der Waals surface area contributed by atoms with Crippen LogP contribution in [0.2, 0.25) is 0 Å². The summed E-state index contributed by atoms with van der Waals surface area (Å²) in [6.45, 7) is 0.839. The van der Waals surface area contributed by atoms with E-state index in [1.54, 1.807) is 0 Å². The standard InChI is InChI=1S/C16H19N3S/c20-16(17-10-9-12-5-2-1-3-6-12)19-18-15-11-13-7-4-8-14(13)15/h1-6,8,13,18H,7,9-11H2,(H2,17,19,20)/t13-/m1/s1. The highest BCUT2D eigenvalue weighted by molar-refractivity contribution is 7.80. The lowest BCUT2D eigenvalue weighted by atomic mass is 9.84. The molecular formula is C16H19N3S. The van der Waals surface area contributed by atoms with Gasteiger partial charge < -0.3 is 10.7 Å². The molecule has 4 heteroatoms. The Labute approximate surface area is 125 Å². The molecular weight excluding hydrogens is 266 g/mol. The highest BCUT2D eigenvalue weighted by Gasteiger charge is 2.29. The van der Waals surface area contributed by atoms with Gasteiger partial charge in [-0.05, 0) is 48.5 Å². The monoisotopic (exact) mass is 285 g/mol. The molecule has 0 heterocycles. The van der Waals surface area contributed by atoms with Crippen LogP contribution in [-0.4, -0.2) is 11.7 Å². The number of hydrazine groups is 1. The zero-order valence-electron chi connectivity index (χ0n) is 11.4. The first-order valence-electron chi connectivity index (χ1n) is 7.06. The number of allylic oxidation sites excluding steroid dienone is 4. The molecule has 0 radical (unpaired) electrons. The molecule has 1 atom stereocenters. The van der Waals surface area contributed by atoms with Gasteiger partial charge in [0.25, 0.3) is 0 Å². The summed E-state index contributed by atoms with van der Waals surface area (Å²) in [6, 6.07) is 10.4. The SMILES string of the molecule is S=C(NCCc1ccccc1)NNC1=C2C=CC[C@@H]2C1. The summed E-state index contributed by atoms with van der Waals surface area (Å²) in [5.41, 5.74) is 10.3. The molecule has 0 spiro atoms. The fraction of sp³-hybridized carbons (Fsp3) is 0.312. The van der Waals surface area contributed by atoms with E-state index < -0.39 is 0 Å². The second-order valence-electron chi connectivity index (χ2n) is 5.21. The molecule has 0 amide bonds. The highest BCUT2D eigenvalue weighted by atomic mass is 32.1. The molecule has 1 aromatic rings. The Balaban J connectivity index is 1.36. The van der Waals surface area contributed by atoms with Crippen LogP contribution in [0.4, 0.5) is 0 Å². The summed E-state index contributed by atoms with van der Waals surface area (Å²) in [5, 5.41) is 3.86. The van der Waals surface area contributed by atoms with Crippen molar-refractivity contribution in [1.82, 2.24) is 16.2 Å². The predicted octanol–water partition coefficient (Wildman–Crippen LogP) is 2.43. The number of thiocarbonyl (C=S) groups is 1. The van der Waals surface area contributed by atoms with Crippen LogP contribution < -0.4 is 16.2 Å². The molecule has 3 N–H and O–H groups in total. The molecule has 2 aliphatic rings. The quantitative estimate of drug-likeness (QED) is 0.574. The van der Waals surface area contributed by atoms with Crippen molar-refractivity contribution < 1.29 is 0 Å². The molecule has 0 fully saturated rings. The molecule has 2 aliphatic carbocycles. The minimum atomic E-state index is 0.652. The normalized spacial score (nSPS) is 19.3. The van der Waals surface area contributed by atoms with Gasteiger partial charge in [-0.15, -0.1) is 0 Å². The molecule has 20 heavy (non-hydrogen) atoms. The van der Waals surface area contributed by atoms with Crippen LogP contribution in [0.25, 0.3) is 0 Å². The summed E-state index contributed by atoms with van der Waals surface area (Å²) in [5.74, 6) is 0.749. The van der Waals surface area contributed by atoms with E-state index in [1.807, 2.05) is 6.07 Å². The smallest absolute Gasteiger partial charge is 0.185 e. The van der Waals surface area contributed by atoms with Crippen LogP contribution in [-0.2, 0) is 6.42 Å². The molecule has 104 valence electrons. The third-order valence-corrected chi connectivity index (χ3v) is 4.07. The van der Waals surface area contributed by atoms with Gasteiger partial charge >= 0.3 is 0 Å². The van der Waals surface area contributed by atoms with Crippen LogP contribution in [0.3, 0.4) is 0 Å². The first-order chi connectivity index (χ1) is 9.83. The number of nitrogens with one attached hydrogen (secondary N) is 3. The maximum Gasteiger partial charge on any atom is 0.185 e. The van der Waals surface area contributed by atoms with Crippen molar-refractivity contribution in [2.75, 3.05) is 6.54 Å². The maximum atomic E-state index is 5.25. The number of hydrogen-bond donors (Lipinski definition) is 3. The predicted molar refractivity (Wildman–Crippen MR) is 85.9 cm³/mol. The lowest BCUT2D eigenvalue weighted by Gasteiger charge is -2.29. The van der Waals surface area contributed by atoms with Crippen molar-refractivity contribution in [2.45, 2.75) is 19.3 Å². The Morgan fingerprint density at radius 3 is 2.90 bits per heavy atom. The van der Waals surface area contributed by atoms with Gasteiger partial charge in [0.15, 0.2) is 5.11 Å². The van der Waals surface area contributed by atoms with Crippen molar-refractivity contribution in [3.63, 3.8) is 0 Å². The largest absolute Gasteiger partial charge is 0.361 e. The Bertz CT molecular complexity index is 548. The third-order valence-electron chi connectivity index (χ3n) is 3.83. The van der Waals surface area contributed by atoms with Crippen molar-refractivity contribution >= 4 is 17.3 Å². The first kappa shape index (κ1) is 13.2. The molecule has 1 aromatic carbocycles. The highest BCUT2D eigenvalue weighted by Crippen LogP contribution is 2.40. The van der Waals surface area contributed by atoms with Gasteiger partial charge in [-0.1, -0.05) is 42.5 Å². The van der Waals surface area contributed by atoms with Crippen molar-refractivity contribution in [3.05, 3.63) is 59.3 Å². The van der Waals surface area contributed by atoms with Gasteiger partial charge in [0.05, 0.1) is 0 Å². The summed E-state index contributed by atoms with van der Waals surface area (Å²) >= 11 is 5.25. The van der Waals surface area contributed by atoms with E-state index in [1.165, 1.54) is 23.3 Å². The molecule has 0 unspecified atom stereocenters. The van der Waals surface area contributed by atoms with E-state index in [2.05, 4.69) is 52.6 Å². The average molecular weight is 285 g/mol. The molecule has 0 aromatic heterocycles. The van der Waals surface area contributed by atoms with Gasteiger partial charge in [0.1, 0.15) is 0 Å². The van der Waals surface area contributed by atoms with E-state index in [0.717, 1.165) is 25.3 Å². The van der Waals surface area contributed by atoms with E-state index >= 15 is 0 Å². The summed E-state index contributed by atoms with van der Waals surface area (Å²) in [6.07, 6.45) is 7.75. The number of fused-ring (bicyclic) bond motifs is 1. The maximum absolute atomic E-state index is 5.25. The second-order valence-corrected chi connectivity index (χ2v) is 5.62. The minimum Gasteiger partial charge on any atom is -0.361 e. The number of rotatable bonds is 5.